The molecule has 54 heavy (non-hydrogen) atoms. The molecule has 10 nitrogen and oxygen atoms in total. The van der Waals surface area contributed by atoms with Crippen LogP contribution in [0.15, 0.2) is 104 Å². The Morgan fingerprint density at radius 1 is 1.04 bits per heavy atom. The van der Waals surface area contributed by atoms with Crippen LogP contribution < -0.4 is 10.2 Å². The largest absolute Gasteiger partial charge is 0.455 e. The van der Waals surface area contributed by atoms with Crippen molar-refractivity contribution in [1.82, 2.24) is 10.2 Å². The number of anilines is 1. The summed E-state index contributed by atoms with van der Waals surface area (Å²) >= 11 is 3.76. The number of alkyl halides is 1. The summed E-state index contributed by atoms with van der Waals surface area (Å²) in [5.74, 6) is -3.82. The summed E-state index contributed by atoms with van der Waals surface area (Å²) < 4.78 is 13.0. The molecule has 3 aliphatic rings. The molecule has 3 aliphatic heterocycles. The highest BCUT2D eigenvalue weighted by Crippen LogP contribution is 2.61. The number of aliphatic hydroxyl groups excluding tert-OH is 1. The standard InChI is InChI=1S/C43H48BrN3O7/c1-5-7-21-34(49)45-25-33(30-19-12-9-13-20-30)53-42(52)35-36-40(50)47(31(26-48)23-29-17-10-8-11-18-29)39(43(36)24-32(44)38(35)54-43)41(51)46(22-6-2)37-27(3)15-14-16-28(37)4/h5-6,8-20,31-33,35-36,38-39,48H,1-2,7,21-26H2,3-4H3,(H,45,49)/t31-,32?,33-,35-,36+,38-,39-,43+/m1/s1. The topological polar surface area (TPSA) is 125 Å². The molecule has 1 unspecified atom stereocenters. The number of carbonyl (C=O) groups excluding carboxylic acids is 4. The van der Waals surface area contributed by atoms with Gasteiger partial charge in [0, 0.05) is 23.5 Å². The number of rotatable bonds is 16. The highest BCUT2D eigenvalue weighted by atomic mass is 79.9. The van der Waals surface area contributed by atoms with Crippen LogP contribution >= 0.6 is 15.9 Å². The van der Waals surface area contributed by atoms with E-state index in [1.165, 1.54) is 4.90 Å². The van der Waals surface area contributed by atoms with Gasteiger partial charge in [0.05, 0.1) is 37.1 Å². The Morgan fingerprint density at radius 2 is 1.70 bits per heavy atom. The number of fused-ring (bicyclic) bond motifs is 1. The van der Waals surface area contributed by atoms with E-state index in [1.807, 2.05) is 92.7 Å². The number of ether oxygens (including phenoxy) is 2. The third-order valence-electron chi connectivity index (χ3n) is 10.9. The minimum Gasteiger partial charge on any atom is -0.455 e. The molecule has 3 amide bonds. The molecule has 2 bridgehead atoms. The molecule has 0 aromatic heterocycles. The first-order valence-electron chi connectivity index (χ1n) is 18.5. The van der Waals surface area contributed by atoms with Gasteiger partial charge in [-0.15, -0.1) is 13.2 Å². The lowest BCUT2D eigenvalue weighted by molar-refractivity contribution is -0.160. The third-order valence-corrected chi connectivity index (χ3v) is 11.8. The van der Waals surface area contributed by atoms with E-state index in [0.717, 1.165) is 16.7 Å². The Balaban J connectivity index is 1.40. The van der Waals surface area contributed by atoms with Crippen molar-refractivity contribution in [3.63, 3.8) is 0 Å². The molecule has 0 radical (unpaired) electrons. The number of hydrogen-bond donors (Lipinski definition) is 2. The van der Waals surface area contributed by atoms with Gasteiger partial charge in [-0.2, -0.15) is 0 Å². The number of esters is 1. The summed E-state index contributed by atoms with van der Waals surface area (Å²) in [4.78, 5) is 60.3. The second-order valence-corrected chi connectivity index (χ2v) is 15.6. The first kappa shape index (κ1) is 39.1. The zero-order chi connectivity index (χ0) is 38.6. The number of aryl methyl sites for hydroxylation is 2. The predicted octanol–water partition coefficient (Wildman–Crippen LogP) is 5.54. The predicted molar refractivity (Wildman–Crippen MR) is 210 cm³/mol. The molecule has 3 fully saturated rings. The summed E-state index contributed by atoms with van der Waals surface area (Å²) in [5, 5.41) is 13.8. The van der Waals surface area contributed by atoms with Crippen molar-refractivity contribution in [2.45, 2.75) is 74.3 Å². The van der Waals surface area contributed by atoms with Crippen LogP contribution in [0.5, 0.6) is 0 Å². The van der Waals surface area contributed by atoms with Crippen molar-refractivity contribution in [2.75, 3.05) is 24.6 Å². The van der Waals surface area contributed by atoms with Crippen molar-refractivity contribution >= 4 is 45.3 Å². The number of nitrogens with zero attached hydrogens (tertiary/aromatic N) is 2. The minimum atomic E-state index is -1.40. The van der Waals surface area contributed by atoms with Gasteiger partial charge in [-0.25, -0.2) is 0 Å². The van der Waals surface area contributed by atoms with Gasteiger partial charge in [0.1, 0.15) is 17.7 Å². The van der Waals surface area contributed by atoms with E-state index in [-0.39, 0.29) is 49.0 Å². The smallest absolute Gasteiger partial charge is 0.313 e. The van der Waals surface area contributed by atoms with E-state index in [1.54, 1.807) is 17.1 Å². The maximum absolute atomic E-state index is 15.3. The van der Waals surface area contributed by atoms with Gasteiger partial charge in [-0.05, 0) is 55.4 Å². The van der Waals surface area contributed by atoms with Gasteiger partial charge in [0.2, 0.25) is 11.8 Å². The molecule has 11 heteroatoms. The van der Waals surface area contributed by atoms with Crippen LogP contribution in [0.2, 0.25) is 0 Å². The lowest BCUT2D eigenvalue weighted by Gasteiger charge is -2.40. The monoisotopic (exact) mass is 797 g/mol. The minimum absolute atomic E-state index is 0.0225. The molecule has 3 aromatic rings. The lowest BCUT2D eigenvalue weighted by Crippen LogP contribution is -2.59. The van der Waals surface area contributed by atoms with Crippen LogP contribution in [0.4, 0.5) is 5.69 Å². The molecule has 0 saturated carbocycles. The summed E-state index contributed by atoms with van der Waals surface area (Å²) in [7, 11) is 0. The van der Waals surface area contributed by atoms with Crippen LogP contribution in [-0.4, -0.2) is 82.0 Å². The Bertz CT molecular complexity index is 1850. The maximum Gasteiger partial charge on any atom is 0.313 e. The van der Waals surface area contributed by atoms with Crippen LogP contribution in [-0.2, 0) is 35.1 Å². The molecule has 3 saturated heterocycles. The SMILES string of the molecule is C=CCCC(=O)NC[C@@H](OC(=O)[C@H]1[C@@H]2O[C@@]3(CC2Br)[C@@H]1C(=O)N([C@@H](CO)Cc1ccccc1)[C@@H]3C(=O)N(CC=C)c1c(C)cccc1C)c1ccccc1. The number of halogens is 1. The molecule has 0 aliphatic carbocycles. The summed E-state index contributed by atoms with van der Waals surface area (Å²) in [6.07, 6.45) is 3.00. The molecule has 1 spiro atoms. The summed E-state index contributed by atoms with van der Waals surface area (Å²) in [6, 6.07) is 22.4. The van der Waals surface area contributed by atoms with Crippen LogP contribution in [0.25, 0.3) is 0 Å². The van der Waals surface area contributed by atoms with Gasteiger partial charge in [0.25, 0.3) is 5.91 Å². The fourth-order valence-corrected chi connectivity index (χ4v) is 9.53. The average molecular weight is 799 g/mol. The highest BCUT2D eigenvalue weighted by molar-refractivity contribution is 9.09. The van der Waals surface area contributed by atoms with Gasteiger partial charge in [-0.1, -0.05) is 107 Å². The third kappa shape index (κ3) is 7.41. The number of allylic oxidation sites excluding steroid dienone is 1. The number of aliphatic hydroxyl groups is 1. The molecular weight excluding hydrogens is 750 g/mol. The second kappa shape index (κ2) is 16.8. The van der Waals surface area contributed by atoms with Crippen molar-refractivity contribution in [2.24, 2.45) is 11.8 Å². The van der Waals surface area contributed by atoms with E-state index in [9.17, 15) is 14.7 Å². The molecule has 3 aromatic carbocycles. The number of nitrogens with one attached hydrogen (secondary N) is 1. The van der Waals surface area contributed by atoms with Gasteiger partial charge >= 0.3 is 5.97 Å². The highest BCUT2D eigenvalue weighted by Gasteiger charge is 2.77. The zero-order valence-electron chi connectivity index (χ0n) is 30.7. The average Bonchev–Trinajstić information content (AvgIpc) is 3.77. The number of carbonyl (C=O) groups is 4. The number of likely N-dealkylation sites (tertiary alicyclic amines) is 1. The fourth-order valence-electron chi connectivity index (χ4n) is 8.59. The number of benzene rings is 3. The van der Waals surface area contributed by atoms with Crippen molar-refractivity contribution in [1.29, 1.82) is 0 Å². The van der Waals surface area contributed by atoms with E-state index in [4.69, 9.17) is 9.47 Å². The lowest BCUT2D eigenvalue weighted by atomic mass is 9.70. The number of amides is 3. The Morgan fingerprint density at radius 3 is 2.33 bits per heavy atom. The molecule has 6 rings (SSSR count). The molecule has 8 atom stereocenters. The fraction of sp³-hybridized carbons (Fsp3) is 0.395. The van der Waals surface area contributed by atoms with Crippen LogP contribution in [0.1, 0.15) is 47.6 Å². The molecule has 2 N–H and O–H groups in total. The van der Waals surface area contributed by atoms with Gasteiger partial charge in [0.15, 0.2) is 0 Å². The van der Waals surface area contributed by atoms with Crippen LogP contribution in [0.3, 0.4) is 0 Å². The zero-order valence-corrected chi connectivity index (χ0v) is 32.3. The van der Waals surface area contributed by atoms with Gasteiger partial charge in [-0.3, -0.25) is 19.2 Å². The summed E-state index contributed by atoms with van der Waals surface area (Å²) in [5.41, 5.74) is 2.60. The molecule has 284 valence electrons. The Kier molecular flexibility index (Phi) is 12.2. The second-order valence-electron chi connectivity index (χ2n) is 14.4. The first-order chi connectivity index (χ1) is 26.1. The summed E-state index contributed by atoms with van der Waals surface area (Å²) in [6.45, 7) is 11.2. The van der Waals surface area contributed by atoms with E-state index in [0.29, 0.717) is 17.7 Å². The van der Waals surface area contributed by atoms with E-state index >= 15 is 9.59 Å². The Labute approximate surface area is 325 Å². The van der Waals surface area contributed by atoms with Crippen LogP contribution in [0, 0.1) is 25.7 Å². The molecule has 3 heterocycles. The Hall–Kier alpha value is -4.58. The van der Waals surface area contributed by atoms with E-state index in [2.05, 4.69) is 34.4 Å². The van der Waals surface area contributed by atoms with Gasteiger partial charge < -0.3 is 29.7 Å². The molecular formula is C43H48BrN3O7. The van der Waals surface area contributed by atoms with E-state index < -0.39 is 60.2 Å². The number of hydrogen-bond acceptors (Lipinski definition) is 7. The quantitative estimate of drug-likeness (QED) is 0.111. The van der Waals surface area contributed by atoms with Crippen molar-refractivity contribution < 1.29 is 33.8 Å². The van der Waals surface area contributed by atoms with Crippen molar-refractivity contribution in [3.8, 4) is 0 Å². The maximum atomic E-state index is 15.3. The normalized spacial score (nSPS) is 25.1. The first-order valence-corrected chi connectivity index (χ1v) is 19.4. The number of para-hydroxylation sites is 1. The van der Waals surface area contributed by atoms with Crippen molar-refractivity contribution in [3.05, 3.63) is 126 Å².